The quantitative estimate of drug-likeness (QED) is 0.552. The maximum atomic E-state index is 13.7. The Morgan fingerprint density at radius 1 is 1.00 bits per heavy atom. The van der Waals surface area contributed by atoms with Gasteiger partial charge in [0.15, 0.2) is 0 Å². The number of para-hydroxylation sites is 2. The third-order valence-electron chi connectivity index (χ3n) is 5.87. The normalized spacial score (nSPS) is 17.7. The summed E-state index contributed by atoms with van der Waals surface area (Å²) in [5.74, 6) is -0.550. The van der Waals surface area contributed by atoms with Crippen molar-refractivity contribution in [2.75, 3.05) is 9.80 Å². The van der Waals surface area contributed by atoms with Gasteiger partial charge in [-0.2, -0.15) is 0 Å². The van der Waals surface area contributed by atoms with Crippen LogP contribution in [0.5, 0.6) is 0 Å². The van der Waals surface area contributed by atoms with Crippen molar-refractivity contribution in [2.24, 2.45) is 0 Å². The molecule has 31 heavy (non-hydrogen) atoms. The molecule has 1 aliphatic heterocycles. The van der Waals surface area contributed by atoms with Crippen LogP contribution in [0.2, 0.25) is 0 Å². The lowest BCUT2D eigenvalue weighted by molar-refractivity contribution is -0.117. The molecule has 2 unspecified atom stereocenters. The van der Waals surface area contributed by atoms with Crippen LogP contribution >= 0.6 is 0 Å². The van der Waals surface area contributed by atoms with E-state index in [1.54, 1.807) is 29.7 Å². The number of benzene rings is 3. The van der Waals surface area contributed by atoms with Gasteiger partial charge in [0, 0.05) is 29.9 Å². The molecule has 2 atom stereocenters. The Labute approximate surface area is 181 Å². The van der Waals surface area contributed by atoms with E-state index in [0.717, 1.165) is 16.9 Å². The first-order valence-electron chi connectivity index (χ1n) is 10.4. The summed E-state index contributed by atoms with van der Waals surface area (Å²) in [6.07, 6.45) is 0.595. The summed E-state index contributed by atoms with van der Waals surface area (Å²) in [5, 5.41) is 0. The number of aryl methyl sites for hydroxylation is 1. The van der Waals surface area contributed by atoms with Gasteiger partial charge in [0.05, 0.1) is 6.04 Å². The molecule has 0 aromatic heterocycles. The minimum Gasteiger partial charge on any atom is -0.305 e. The molecule has 0 spiro atoms. The Balaban J connectivity index is 1.78. The van der Waals surface area contributed by atoms with Gasteiger partial charge in [0.25, 0.3) is 5.91 Å². The fourth-order valence-corrected chi connectivity index (χ4v) is 4.42. The van der Waals surface area contributed by atoms with Gasteiger partial charge >= 0.3 is 0 Å². The number of hydrogen-bond donors (Lipinski definition) is 0. The molecule has 1 heterocycles. The van der Waals surface area contributed by atoms with E-state index in [0.29, 0.717) is 17.5 Å². The van der Waals surface area contributed by atoms with E-state index in [2.05, 4.69) is 0 Å². The molecule has 0 saturated carbocycles. The molecule has 0 saturated heterocycles. The van der Waals surface area contributed by atoms with Crippen LogP contribution in [0.4, 0.5) is 15.8 Å². The van der Waals surface area contributed by atoms with Crippen LogP contribution < -0.4 is 9.80 Å². The van der Waals surface area contributed by atoms with Gasteiger partial charge in [-0.3, -0.25) is 9.59 Å². The van der Waals surface area contributed by atoms with Crippen molar-refractivity contribution in [2.45, 2.75) is 39.3 Å². The van der Waals surface area contributed by atoms with Crippen molar-refractivity contribution in [3.8, 4) is 0 Å². The van der Waals surface area contributed by atoms with Gasteiger partial charge in [-0.05, 0) is 67.8 Å². The molecule has 1 aliphatic rings. The van der Waals surface area contributed by atoms with E-state index in [1.807, 2.05) is 61.5 Å². The maximum Gasteiger partial charge on any atom is 0.258 e. The van der Waals surface area contributed by atoms with Crippen LogP contribution in [0.3, 0.4) is 0 Å². The molecule has 2 amide bonds. The monoisotopic (exact) mass is 416 g/mol. The lowest BCUT2D eigenvalue weighted by atomic mass is 9.89. The predicted octanol–water partition coefficient (Wildman–Crippen LogP) is 5.67. The second kappa shape index (κ2) is 8.34. The number of rotatable bonds is 3. The zero-order chi connectivity index (χ0) is 22.1. The average molecular weight is 416 g/mol. The highest BCUT2D eigenvalue weighted by Gasteiger charge is 2.38. The lowest BCUT2D eigenvalue weighted by Gasteiger charge is -2.43. The summed E-state index contributed by atoms with van der Waals surface area (Å²) >= 11 is 0. The van der Waals surface area contributed by atoms with Crippen LogP contribution in [-0.4, -0.2) is 17.9 Å². The summed E-state index contributed by atoms with van der Waals surface area (Å²) in [6, 6.07) is 21.4. The van der Waals surface area contributed by atoms with E-state index in [-0.39, 0.29) is 29.7 Å². The Morgan fingerprint density at radius 3 is 2.35 bits per heavy atom. The van der Waals surface area contributed by atoms with E-state index < -0.39 is 0 Å². The first kappa shape index (κ1) is 20.8. The second-order valence-corrected chi connectivity index (χ2v) is 8.02. The number of hydrogen-bond acceptors (Lipinski definition) is 2. The second-order valence-electron chi connectivity index (χ2n) is 8.02. The van der Waals surface area contributed by atoms with Crippen molar-refractivity contribution in [1.82, 2.24) is 0 Å². The maximum absolute atomic E-state index is 13.7. The van der Waals surface area contributed by atoms with E-state index in [4.69, 9.17) is 0 Å². The van der Waals surface area contributed by atoms with Crippen LogP contribution in [0, 0.1) is 12.7 Å². The van der Waals surface area contributed by atoms with E-state index in [1.165, 1.54) is 12.1 Å². The summed E-state index contributed by atoms with van der Waals surface area (Å²) in [6.45, 7) is 5.21. The molecule has 3 aromatic rings. The number of nitrogens with zero attached hydrogens (tertiary/aromatic N) is 2. The predicted molar refractivity (Wildman–Crippen MR) is 121 cm³/mol. The van der Waals surface area contributed by atoms with Crippen LogP contribution in [0.1, 0.15) is 47.8 Å². The highest BCUT2D eigenvalue weighted by Crippen LogP contribution is 2.42. The molecule has 0 N–H and O–H groups in total. The third kappa shape index (κ3) is 3.83. The van der Waals surface area contributed by atoms with Gasteiger partial charge in [-0.1, -0.05) is 36.4 Å². The zero-order valence-electron chi connectivity index (χ0n) is 17.9. The zero-order valence-corrected chi connectivity index (χ0v) is 17.9. The van der Waals surface area contributed by atoms with Crippen molar-refractivity contribution in [3.63, 3.8) is 0 Å². The molecule has 0 fully saturated rings. The average Bonchev–Trinajstić information content (AvgIpc) is 2.76. The van der Waals surface area contributed by atoms with Crippen LogP contribution in [0.15, 0.2) is 72.8 Å². The van der Waals surface area contributed by atoms with Crippen molar-refractivity contribution in [1.29, 1.82) is 0 Å². The highest BCUT2D eigenvalue weighted by molar-refractivity contribution is 6.07. The van der Waals surface area contributed by atoms with Gasteiger partial charge in [0.2, 0.25) is 5.91 Å². The third-order valence-corrected chi connectivity index (χ3v) is 5.87. The summed E-state index contributed by atoms with van der Waals surface area (Å²) in [5.41, 5.74) is 3.42. The van der Waals surface area contributed by atoms with Crippen molar-refractivity contribution in [3.05, 3.63) is 95.3 Å². The molecule has 4 rings (SSSR count). The number of amides is 2. The smallest absolute Gasteiger partial charge is 0.258 e. The minimum atomic E-state index is -0.330. The first-order chi connectivity index (χ1) is 14.9. The molecule has 5 heteroatoms. The topological polar surface area (TPSA) is 40.6 Å². The number of halogens is 1. The molecule has 0 radical (unpaired) electrons. The SMILES string of the molecule is CC(=O)N(c1ccccc1)C1CC(C)N(C(=O)c2ccc(F)c(C)c2)c2ccccc21. The summed E-state index contributed by atoms with van der Waals surface area (Å²) in [7, 11) is 0. The number of carbonyl (C=O) groups is 2. The lowest BCUT2D eigenvalue weighted by Crippen LogP contribution is -2.47. The summed E-state index contributed by atoms with van der Waals surface area (Å²) in [4.78, 5) is 29.7. The fourth-order valence-electron chi connectivity index (χ4n) is 4.42. The molecule has 0 aliphatic carbocycles. The van der Waals surface area contributed by atoms with Crippen LogP contribution in [0.25, 0.3) is 0 Å². The Morgan fingerprint density at radius 2 is 1.68 bits per heavy atom. The standard InChI is InChI=1S/C26H25FN2O2/c1-17-15-20(13-14-23(17)27)26(31)28-18(2)16-25(22-11-7-8-12-24(22)28)29(19(3)30)21-9-5-4-6-10-21/h4-15,18,25H,16H2,1-3H3. The minimum absolute atomic E-state index is 0.0489. The highest BCUT2D eigenvalue weighted by atomic mass is 19.1. The van der Waals surface area contributed by atoms with Gasteiger partial charge in [-0.15, -0.1) is 0 Å². The molecule has 3 aromatic carbocycles. The molecule has 0 bridgehead atoms. The number of carbonyl (C=O) groups excluding carboxylic acids is 2. The van der Waals surface area contributed by atoms with Gasteiger partial charge in [0.1, 0.15) is 5.82 Å². The fraction of sp³-hybridized carbons (Fsp3) is 0.231. The molecule has 158 valence electrons. The first-order valence-corrected chi connectivity index (χ1v) is 10.4. The van der Waals surface area contributed by atoms with Gasteiger partial charge in [-0.25, -0.2) is 4.39 Å². The molecular formula is C26H25FN2O2. The Hall–Kier alpha value is -3.47. The van der Waals surface area contributed by atoms with Crippen molar-refractivity contribution < 1.29 is 14.0 Å². The Bertz CT molecular complexity index is 1130. The summed E-state index contributed by atoms with van der Waals surface area (Å²) < 4.78 is 13.7. The molecular weight excluding hydrogens is 391 g/mol. The largest absolute Gasteiger partial charge is 0.305 e. The van der Waals surface area contributed by atoms with Crippen LogP contribution in [-0.2, 0) is 4.79 Å². The van der Waals surface area contributed by atoms with E-state index in [9.17, 15) is 14.0 Å². The van der Waals surface area contributed by atoms with Gasteiger partial charge < -0.3 is 9.80 Å². The van der Waals surface area contributed by atoms with Crippen molar-refractivity contribution >= 4 is 23.2 Å². The number of fused-ring (bicyclic) bond motifs is 1. The molecule has 4 nitrogen and oxygen atoms in total. The Kier molecular flexibility index (Phi) is 5.59. The number of anilines is 2. The van der Waals surface area contributed by atoms with E-state index >= 15 is 0 Å².